The number of rotatable bonds is 8. The summed E-state index contributed by atoms with van der Waals surface area (Å²) >= 11 is 1.73. The molecule has 1 amide bonds. The van der Waals surface area contributed by atoms with Gasteiger partial charge < -0.3 is 15.4 Å². The number of nitrogens with one attached hydrogen (secondary N) is 2. The van der Waals surface area contributed by atoms with Crippen molar-refractivity contribution in [3.05, 3.63) is 39.5 Å². The molecule has 2 aromatic heterocycles. The third kappa shape index (κ3) is 5.30. The Bertz CT molecular complexity index is 640. The lowest BCUT2D eigenvalue weighted by Crippen LogP contribution is -2.27. The van der Waals surface area contributed by atoms with Gasteiger partial charge in [-0.2, -0.15) is 0 Å². The van der Waals surface area contributed by atoms with E-state index >= 15 is 0 Å². The zero-order valence-corrected chi connectivity index (χ0v) is 14.5. The molecule has 124 valence electrons. The van der Waals surface area contributed by atoms with Gasteiger partial charge in [0.1, 0.15) is 5.82 Å². The van der Waals surface area contributed by atoms with Gasteiger partial charge in [0.25, 0.3) is 5.91 Å². The first-order chi connectivity index (χ1) is 11.1. The standard InChI is InChI=1S/C16H22N4O2S/c1-11-14(23-12(2)20-11)6-7-17-15-5-4-13(10-19-15)16(21)18-8-9-22-3/h4-5,10H,6-9H2,1-3H3,(H,17,19)(H,18,21). The Morgan fingerprint density at radius 1 is 1.30 bits per heavy atom. The summed E-state index contributed by atoms with van der Waals surface area (Å²) in [6.07, 6.45) is 2.49. The molecule has 0 radical (unpaired) electrons. The Kier molecular flexibility index (Phi) is 6.49. The van der Waals surface area contributed by atoms with Crippen LogP contribution in [-0.2, 0) is 11.2 Å². The van der Waals surface area contributed by atoms with Gasteiger partial charge in [0.2, 0.25) is 0 Å². The highest BCUT2D eigenvalue weighted by atomic mass is 32.1. The fourth-order valence-electron chi connectivity index (χ4n) is 2.11. The predicted molar refractivity (Wildman–Crippen MR) is 92.2 cm³/mol. The summed E-state index contributed by atoms with van der Waals surface area (Å²) < 4.78 is 4.89. The van der Waals surface area contributed by atoms with Crippen molar-refractivity contribution in [2.75, 3.05) is 32.1 Å². The minimum atomic E-state index is -0.142. The van der Waals surface area contributed by atoms with Crippen LogP contribution >= 0.6 is 11.3 Å². The molecule has 0 saturated carbocycles. The van der Waals surface area contributed by atoms with Gasteiger partial charge >= 0.3 is 0 Å². The normalized spacial score (nSPS) is 10.6. The summed E-state index contributed by atoms with van der Waals surface area (Å²) in [5.74, 6) is 0.620. The number of pyridine rings is 1. The van der Waals surface area contributed by atoms with Gasteiger partial charge in [-0.15, -0.1) is 11.3 Å². The van der Waals surface area contributed by atoms with E-state index < -0.39 is 0 Å². The van der Waals surface area contributed by atoms with Gasteiger partial charge in [0, 0.05) is 37.7 Å². The quantitative estimate of drug-likeness (QED) is 0.724. The van der Waals surface area contributed by atoms with E-state index in [4.69, 9.17) is 4.74 Å². The third-order valence-electron chi connectivity index (χ3n) is 3.28. The van der Waals surface area contributed by atoms with Crippen LogP contribution in [0.2, 0.25) is 0 Å². The highest BCUT2D eigenvalue weighted by molar-refractivity contribution is 7.11. The summed E-state index contributed by atoms with van der Waals surface area (Å²) in [5, 5.41) is 7.12. The van der Waals surface area contributed by atoms with Gasteiger partial charge in [-0.3, -0.25) is 4.79 Å². The second-order valence-electron chi connectivity index (χ2n) is 5.10. The van der Waals surface area contributed by atoms with Crippen molar-refractivity contribution in [3.8, 4) is 0 Å². The van der Waals surface area contributed by atoms with Gasteiger partial charge in [-0.25, -0.2) is 9.97 Å². The highest BCUT2D eigenvalue weighted by Gasteiger charge is 2.06. The Hall–Kier alpha value is -1.99. The van der Waals surface area contributed by atoms with E-state index in [2.05, 4.69) is 20.6 Å². The van der Waals surface area contributed by atoms with Crippen LogP contribution in [0, 0.1) is 13.8 Å². The van der Waals surface area contributed by atoms with Crippen LogP contribution in [0.5, 0.6) is 0 Å². The van der Waals surface area contributed by atoms with Crippen LogP contribution < -0.4 is 10.6 Å². The molecule has 0 atom stereocenters. The average molecular weight is 334 g/mol. The van der Waals surface area contributed by atoms with Crippen molar-refractivity contribution in [1.82, 2.24) is 15.3 Å². The second-order valence-corrected chi connectivity index (χ2v) is 6.39. The number of ether oxygens (including phenoxy) is 1. The van der Waals surface area contributed by atoms with Crippen LogP contribution in [0.25, 0.3) is 0 Å². The number of nitrogens with zero attached hydrogens (tertiary/aromatic N) is 2. The summed E-state index contributed by atoms with van der Waals surface area (Å²) in [4.78, 5) is 21.8. The topological polar surface area (TPSA) is 76.1 Å². The molecule has 0 bridgehead atoms. The van der Waals surface area contributed by atoms with Crippen LogP contribution in [0.15, 0.2) is 18.3 Å². The number of hydrogen-bond donors (Lipinski definition) is 2. The van der Waals surface area contributed by atoms with Crippen molar-refractivity contribution in [2.45, 2.75) is 20.3 Å². The number of anilines is 1. The smallest absolute Gasteiger partial charge is 0.252 e. The third-order valence-corrected chi connectivity index (χ3v) is 4.41. The molecule has 0 unspecified atom stereocenters. The maximum absolute atomic E-state index is 11.8. The molecule has 0 aromatic carbocycles. The molecule has 6 nitrogen and oxygen atoms in total. The number of aromatic nitrogens is 2. The minimum absolute atomic E-state index is 0.142. The van der Waals surface area contributed by atoms with Crippen molar-refractivity contribution >= 4 is 23.1 Å². The molecular formula is C16H22N4O2S. The van der Waals surface area contributed by atoms with E-state index in [1.165, 1.54) is 4.88 Å². The summed E-state index contributed by atoms with van der Waals surface area (Å²) in [6, 6.07) is 3.58. The number of carbonyl (C=O) groups is 1. The average Bonchev–Trinajstić information content (AvgIpc) is 2.86. The van der Waals surface area contributed by atoms with Gasteiger partial charge in [-0.05, 0) is 26.0 Å². The number of amides is 1. The Morgan fingerprint density at radius 2 is 2.13 bits per heavy atom. The lowest BCUT2D eigenvalue weighted by molar-refractivity contribution is 0.0937. The molecule has 2 aromatic rings. The first kappa shape index (κ1) is 17.4. The summed E-state index contributed by atoms with van der Waals surface area (Å²) in [5.41, 5.74) is 1.64. The van der Waals surface area contributed by atoms with E-state index in [1.54, 1.807) is 30.7 Å². The Balaban J connectivity index is 1.80. The number of aryl methyl sites for hydroxylation is 2. The monoisotopic (exact) mass is 334 g/mol. The Morgan fingerprint density at radius 3 is 2.74 bits per heavy atom. The summed E-state index contributed by atoms with van der Waals surface area (Å²) in [7, 11) is 1.60. The molecule has 7 heteroatoms. The number of hydrogen-bond acceptors (Lipinski definition) is 6. The highest BCUT2D eigenvalue weighted by Crippen LogP contribution is 2.17. The second kappa shape index (κ2) is 8.59. The SMILES string of the molecule is COCCNC(=O)c1ccc(NCCc2sc(C)nc2C)nc1. The van der Waals surface area contributed by atoms with Crippen molar-refractivity contribution in [3.63, 3.8) is 0 Å². The zero-order chi connectivity index (χ0) is 16.7. The van der Waals surface area contributed by atoms with E-state index in [-0.39, 0.29) is 5.91 Å². The van der Waals surface area contributed by atoms with Crippen molar-refractivity contribution in [2.24, 2.45) is 0 Å². The maximum Gasteiger partial charge on any atom is 0.252 e. The molecular weight excluding hydrogens is 312 g/mol. The van der Waals surface area contributed by atoms with Gasteiger partial charge in [-0.1, -0.05) is 0 Å². The van der Waals surface area contributed by atoms with Gasteiger partial charge in [0.15, 0.2) is 0 Å². The molecule has 2 N–H and O–H groups in total. The fraction of sp³-hybridized carbons (Fsp3) is 0.438. The molecule has 0 spiro atoms. The molecule has 0 aliphatic carbocycles. The van der Waals surface area contributed by atoms with Crippen LogP contribution in [0.3, 0.4) is 0 Å². The van der Waals surface area contributed by atoms with Crippen molar-refractivity contribution < 1.29 is 9.53 Å². The van der Waals surface area contributed by atoms with E-state index in [9.17, 15) is 4.79 Å². The molecule has 0 fully saturated rings. The number of thiazole rings is 1. The fourth-order valence-corrected chi connectivity index (χ4v) is 3.05. The van der Waals surface area contributed by atoms with Crippen LogP contribution in [-0.4, -0.2) is 42.7 Å². The molecule has 2 heterocycles. The lowest BCUT2D eigenvalue weighted by atomic mass is 10.2. The predicted octanol–water partition coefficient (Wildman–Crippen LogP) is 2.19. The molecule has 2 rings (SSSR count). The Labute approximate surface area is 140 Å². The molecule has 23 heavy (non-hydrogen) atoms. The number of methoxy groups -OCH3 is 1. The maximum atomic E-state index is 11.8. The van der Waals surface area contributed by atoms with Crippen LogP contribution in [0.1, 0.15) is 25.9 Å². The number of carbonyl (C=O) groups excluding carboxylic acids is 1. The summed E-state index contributed by atoms with van der Waals surface area (Å²) in [6.45, 7) is 5.83. The lowest BCUT2D eigenvalue weighted by Gasteiger charge is -2.07. The van der Waals surface area contributed by atoms with E-state index in [1.807, 2.05) is 19.9 Å². The van der Waals surface area contributed by atoms with E-state index in [0.29, 0.717) is 18.7 Å². The first-order valence-corrected chi connectivity index (χ1v) is 8.31. The van der Waals surface area contributed by atoms with Crippen LogP contribution in [0.4, 0.5) is 5.82 Å². The largest absolute Gasteiger partial charge is 0.383 e. The van der Waals surface area contributed by atoms with Gasteiger partial charge in [0.05, 0.1) is 22.9 Å². The minimum Gasteiger partial charge on any atom is -0.383 e. The van der Waals surface area contributed by atoms with E-state index in [0.717, 1.165) is 29.5 Å². The first-order valence-electron chi connectivity index (χ1n) is 7.50. The zero-order valence-electron chi connectivity index (χ0n) is 13.7. The molecule has 0 aliphatic heterocycles. The molecule has 0 aliphatic rings. The van der Waals surface area contributed by atoms with Crippen molar-refractivity contribution in [1.29, 1.82) is 0 Å². The molecule has 0 saturated heterocycles.